The Labute approximate surface area is 169 Å². The molecule has 0 spiro atoms. The third-order valence-electron chi connectivity index (χ3n) is 4.31. The number of β-lactam (4-membered cyclic amide) rings is 1. The van der Waals surface area contributed by atoms with Gasteiger partial charge in [-0.1, -0.05) is 28.1 Å². The zero-order valence-corrected chi connectivity index (χ0v) is 17.5. The molecule has 1 N–H and O–H groups in total. The van der Waals surface area contributed by atoms with Gasteiger partial charge in [0, 0.05) is 17.6 Å². The molecule has 0 aliphatic carbocycles. The van der Waals surface area contributed by atoms with Crippen LogP contribution in [0.3, 0.4) is 0 Å². The maximum Gasteiger partial charge on any atom is 0.338 e. The zero-order chi connectivity index (χ0) is 19.2. The highest BCUT2D eigenvalue weighted by molar-refractivity contribution is 9.10. The Morgan fingerprint density at radius 3 is 2.58 bits per heavy atom. The second-order valence-corrected chi connectivity index (χ2v) is 8.99. The lowest BCUT2D eigenvalue weighted by molar-refractivity contribution is -0.143. The molecule has 2 aliphatic heterocycles. The smallest absolute Gasteiger partial charge is 0.338 e. The Morgan fingerprint density at radius 1 is 1.38 bits per heavy atom. The molecule has 7 nitrogen and oxygen atoms in total. The van der Waals surface area contributed by atoms with Crippen LogP contribution < -0.4 is 4.90 Å². The lowest BCUT2D eigenvalue weighted by atomic mass is 10.0. The number of carbonyl (C=O) groups is 3. The summed E-state index contributed by atoms with van der Waals surface area (Å²) in [6.45, 7) is 1.33. The van der Waals surface area contributed by atoms with Crippen LogP contribution in [0, 0.1) is 0 Å². The summed E-state index contributed by atoms with van der Waals surface area (Å²) in [7, 11) is 0. The number of alkyl halides is 1. The molecular formula is C16H14Br2N2O5S. The average Bonchev–Trinajstić information content (AvgIpc) is 2.59. The first-order valence-corrected chi connectivity index (χ1v) is 10.8. The summed E-state index contributed by atoms with van der Waals surface area (Å²) in [4.78, 5) is 38.9. The van der Waals surface area contributed by atoms with Crippen molar-refractivity contribution in [3.05, 3.63) is 40.5 Å². The number of rotatable bonds is 4. The van der Waals surface area contributed by atoms with Gasteiger partial charge in [-0.15, -0.1) is 0 Å². The van der Waals surface area contributed by atoms with Gasteiger partial charge in [0.25, 0.3) is 5.91 Å². The first-order valence-electron chi connectivity index (χ1n) is 7.56. The Morgan fingerprint density at radius 2 is 2.04 bits per heavy atom. The third-order valence-corrected chi connectivity index (χ3v) is 8.00. The Kier molecular flexibility index (Phi) is 5.48. The van der Waals surface area contributed by atoms with Gasteiger partial charge in [0.2, 0.25) is 11.3 Å². The molecule has 0 aromatic heterocycles. The van der Waals surface area contributed by atoms with Crippen LogP contribution in [0.4, 0.5) is 5.69 Å². The number of halogens is 2. The summed E-state index contributed by atoms with van der Waals surface area (Å²) < 4.78 is 13.6. The fourth-order valence-electron chi connectivity index (χ4n) is 3.11. The number of benzene rings is 1. The van der Waals surface area contributed by atoms with Gasteiger partial charge in [0.1, 0.15) is 5.57 Å². The van der Waals surface area contributed by atoms with Gasteiger partial charge in [0.15, 0.2) is 11.3 Å². The zero-order valence-electron chi connectivity index (χ0n) is 13.5. The number of amides is 2. The normalized spacial score (nSPS) is 27.3. The van der Waals surface area contributed by atoms with Gasteiger partial charge in [-0.2, -0.15) is 0 Å². The van der Waals surface area contributed by atoms with E-state index in [2.05, 4.69) is 31.9 Å². The van der Waals surface area contributed by atoms with Crippen LogP contribution >= 0.6 is 31.9 Å². The van der Waals surface area contributed by atoms with E-state index >= 15 is 0 Å². The maximum absolute atomic E-state index is 13.0. The van der Waals surface area contributed by atoms with E-state index in [1.165, 1.54) is 18.0 Å². The van der Waals surface area contributed by atoms with Gasteiger partial charge in [-0.05, 0) is 39.2 Å². The number of nitrogens with zero attached hydrogens (tertiary/aromatic N) is 2. The molecule has 2 heterocycles. The van der Waals surface area contributed by atoms with Crippen molar-refractivity contribution in [1.29, 1.82) is 0 Å². The second-order valence-electron chi connectivity index (χ2n) is 5.78. The van der Waals surface area contributed by atoms with Gasteiger partial charge >= 0.3 is 5.97 Å². The molecule has 2 amide bonds. The minimum atomic E-state index is -1.69. The van der Waals surface area contributed by atoms with Crippen molar-refractivity contribution < 1.29 is 24.0 Å². The quantitative estimate of drug-likeness (QED) is 0.382. The average molecular weight is 506 g/mol. The molecule has 3 unspecified atom stereocenters. The number of carbonyl (C=O) groups excluding carboxylic acids is 2. The van der Waals surface area contributed by atoms with Crippen molar-refractivity contribution in [2.24, 2.45) is 0 Å². The van der Waals surface area contributed by atoms with Gasteiger partial charge < -0.3 is 9.66 Å². The summed E-state index contributed by atoms with van der Waals surface area (Å²) in [6.07, 6.45) is 1.23. The topological polar surface area (TPSA) is 101 Å². The second kappa shape index (κ2) is 7.34. The summed E-state index contributed by atoms with van der Waals surface area (Å²) in [5, 5.41) is 7.94. The van der Waals surface area contributed by atoms with E-state index in [4.69, 9.17) is 0 Å². The summed E-state index contributed by atoms with van der Waals surface area (Å²) >= 11 is 4.89. The minimum absolute atomic E-state index is 0.0847. The van der Waals surface area contributed by atoms with E-state index in [0.29, 0.717) is 10.2 Å². The molecule has 26 heavy (non-hydrogen) atoms. The first kappa shape index (κ1) is 19.4. The predicted octanol–water partition coefficient (Wildman–Crippen LogP) is 1.83. The number of fused-ring (bicyclic) bond motifs is 1. The lowest BCUT2D eigenvalue weighted by Crippen LogP contribution is -2.75. The molecule has 0 bridgehead atoms. The molecule has 1 fully saturated rings. The number of aliphatic carboxylic acids is 1. The molecule has 1 aromatic rings. The van der Waals surface area contributed by atoms with Crippen LogP contribution in [0.2, 0.25) is 0 Å². The summed E-state index contributed by atoms with van der Waals surface area (Å²) in [5.74, 6) is -2.04. The van der Waals surface area contributed by atoms with E-state index in [9.17, 15) is 24.0 Å². The highest BCUT2D eigenvalue weighted by atomic mass is 79.9. The van der Waals surface area contributed by atoms with Crippen LogP contribution in [-0.2, 0) is 25.6 Å². The van der Waals surface area contributed by atoms with Gasteiger partial charge in [-0.25, -0.2) is 4.79 Å². The standard InChI is InChI=1S/C16H14Br2N2O5S/c1-8(21)20(11-5-3-2-4-10(11)18)13-14(22)19-7-9(16(23)24)12(6-17)26(25)15(13)19/h2-5,7,12-13,15H,6H2,1H3,(H,23,24)/t12?,13?,15-,26?/m1/s1. The fraction of sp³-hybridized carbons (Fsp3) is 0.312. The Bertz CT molecular complexity index is 818. The highest BCUT2D eigenvalue weighted by Crippen LogP contribution is 2.41. The molecule has 10 heteroatoms. The molecule has 138 valence electrons. The van der Waals surface area contributed by atoms with Crippen LogP contribution in [0.1, 0.15) is 6.92 Å². The molecule has 0 saturated carbocycles. The van der Waals surface area contributed by atoms with Crippen LogP contribution in [0.15, 0.2) is 40.5 Å². The van der Waals surface area contributed by atoms with E-state index in [-0.39, 0.29) is 16.8 Å². The minimum Gasteiger partial charge on any atom is -0.614 e. The predicted molar refractivity (Wildman–Crippen MR) is 103 cm³/mol. The molecule has 0 radical (unpaired) electrons. The van der Waals surface area contributed by atoms with E-state index in [1.807, 2.05) is 0 Å². The third kappa shape index (κ3) is 2.98. The van der Waals surface area contributed by atoms with Crippen LogP contribution in [0.25, 0.3) is 0 Å². The Balaban J connectivity index is 2.03. The van der Waals surface area contributed by atoms with Crippen LogP contribution in [0.5, 0.6) is 0 Å². The summed E-state index contributed by atoms with van der Waals surface area (Å²) in [5.41, 5.74) is 0.414. The van der Waals surface area contributed by atoms with Crippen LogP contribution in [-0.4, -0.2) is 54.3 Å². The molecule has 3 rings (SSSR count). The van der Waals surface area contributed by atoms with Gasteiger partial charge in [-0.3, -0.25) is 19.4 Å². The van der Waals surface area contributed by atoms with Crippen molar-refractivity contribution in [2.75, 3.05) is 10.2 Å². The van der Waals surface area contributed by atoms with Gasteiger partial charge in [0.05, 0.1) is 11.0 Å². The number of hydrogen-bond acceptors (Lipinski definition) is 4. The van der Waals surface area contributed by atoms with E-state index in [0.717, 1.165) is 4.90 Å². The monoisotopic (exact) mass is 504 g/mol. The highest BCUT2D eigenvalue weighted by Gasteiger charge is 2.62. The van der Waals surface area contributed by atoms with Crippen molar-refractivity contribution in [3.63, 3.8) is 0 Å². The molecule has 1 saturated heterocycles. The number of hydrogen-bond donors (Lipinski definition) is 1. The molecule has 2 aliphatic rings. The molecule has 4 atom stereocenters. The van der Waals surface area contributed by atoms with Crippen molar-refractivity contribution >= 4 is 66.5 Å². The number of para-hydroxylation sites is 1. The first-order chi connectivity index (χ1) is 12.3. The molecular weight excluding hydrogens is 492 g/mol. The van der Waals surface area contributed by atoms with E-state index < -0.39 is 39.7 Å². The number of carboxylic acid groups (broad SMARTS) is 1. The maximum atomic E-state index is 13.0. The lowest BCUT2D eigenvalue weighted by Gasteiger charge is -2.51. The van der Waals surface area contributed by atoms with Crippen molar-refractivity contribution in [3.8, 4) is 0 Å². The fourth-order valence-corrected chi connectivity index (χ4v) is 6.47. The van der Waals surface area contributed by atoms with Crippen molar-refractivity contribution in [1.82, 2.24) is 4.90 Å². The summed E-state index contributed by atoms with van der Waals surface area (Å²) in [6, 6.07) is 6.00. The Hall–Kier alpha value is -1.36. The van der Waals surface area contributed by atoms with Crippen molar-refractivity contribution in [2.45, 2.75) is 23.6 Å². The molecule has 1 aromatic carbocycles. The number of carboxylic acids is 1. The number of anilines is 1. The SMILES string of the molecule is CC(=O)N(c1ccccc1Br)C1C(=O)N2C=C(C(=O)O)C(CBr)[S+]([O-])[C@H]12. The largest absolute Gasteiger partial charge is 0.614 e. The van der Waals surface area contributed by atoms with E-state index in [1.54, 1.807) is 24.3 Å².